The molecule has 58 valence electrons. The largest absolute Gasteiger partial charge is 0.260 e. The van der Waals surface area contributed by atoms with Crippen molar-refractivity contribution in [2.75, 3.05) is 12.0 Å². The van der Waals surface area contributed by atoms with Gasteiger partial charge in [0.05, 0.1) is 6.07 Å². The van der Waals surface area contributed by atoms with Crippen molar-refractivity contribution in [1.82, 2.24) is 0 Å². The lowest BCUT2D eigenvalue weighted by Gasteiger charge is -1.93. The van der Waals surface area contributed by atoms with Crippen LogP contribution in [-0.4, -0.2) is 16.2 Å². The molecule has 0 aromatic rings. The van der Waals surface area contributed by atoms with Gasteiger partial charge in [0, 0.05) is 29.2 Å². The molecule has 0 rings (SSSR count). The molecule has 0 aliphatic heterocycles. The van der Waals surface area contributed by atoms with Gasteiger partial charge in [-0.1, -0.05) is 6.42 Å². The summed E-state index contributed by atoms with van der Waals surface area (Å²) in [5.74, 6) is 0.783. The van der Waals surface area contributed by atoms with Gasteiger partial charge in [-0.25, -0.2) is 0 Å². The van der Waals surface area contributed by atoms with Gasteiger partial charge in [-0.05, 0) is 12.8 Å². The summed E-state index contributed by atoms with van der Waals surface area (Å²) in [6.07, 6.45) is 5.33. The first-order valence-electron chi connectivity index (χ1n) is 3.44. The molecule has 10 heavy (non-hydrogen) atoms. The van der Waals surface area contributed by atoms with Crippen LogP contribution in [0.25, 0.3) is 0 Å². The van der Waals surface area contributed by atoms with E-state index in [1.54, 1.807) is 6.26 Å². The second kappa shape index (κ2) is 6.76. The van der Waals surface area contributed by atoms with Crippen LogP contribution >= 0.6 is 0 Å². The Kier molecular flexibility index (Phi) is 6.51. The summed E-state index contributed by atoms with van der Waals surface area (Å²) < 4.78 is 10.5. The van der Waals surface area contributed by atoms with Crippen molar-refractivity contribution < 1.29 is 4.21 Å². The Hall–Kier alpha value is -0.360. The monoisotopic (exact) mass is 159 g/mol. The zero-order chi connectivity index (χ0) is 7.82. The van der Waals surface area contributed by atoms with E-state index in [2.05, 4.69) is 6.07 Å². The van der Waals surface area contributed by atoms with Crippen molar-refractivity contribution in [2.24, 2.45) is 0 Å². The summed E-state index contributed by atoms with van der Waals surface area (Å²) in [6, 6.07) is 2.08. The quantitative estimate of drug-likeness (QED) is 0.570. The van der Waals surface area contributed by atoms with E-state index in [1.165, 1.54) is 0 Å². The molecule has 0 N–H and O–H groups in total. The third-order valence-corrected chi connectivity index (χ3v) is 2.08. The third kappa shape index (κ3) is 7.64. The van der Waals surface area contributed by atoms with E-state index in [4.69, 9.17) is 5.26 Å². The van der Waals surface area contributed by atoms with Crippen LogP contribution in [0.1, 0.15) is 25.7 Å². The number of unbranched alkanes of at least 4 members (excludes halogenated alkanes) is 3. The van der Waals surface area contributed by atoms with Crippen molar-refractivity contribution in [3.8, 4) is 6.07 Å². The molecular weight excluding hydrogens is 146 g/mol. The van der Waals surface area contributed by atoms with E-state index in [0.717, 1.165) is 25.0 Å². The molecule has 0 aromatic heterocycles. The van der Waals surface area contributed by atoms with E-state index in [1.807, 2.05) is 0 Å². The van der Waals surface area contributed by atoms with E-state index < -0.39 is 10.8 Å². The lowest BCUT2D eigenvalue weighted by Crippen LogP contribution is -1.92. The molecular formula is C7H13NOS. The Bertz CT molecular complexity index is 139. The highest BCUT2D eigenvalue weighted by Gasteiger charge is 1.90. The number of nitriles is 1. The van der Waals surface area contributed by atoms with Gasteiger partial charge in [0.25, 0.3) is 0 Å². The first kappa shape index (κ1) is 9.64. The van der Waals surface area contributed by atoms with E-state index >= 15 is 0 Å². The predicted octanol–water partition coefficient (Wildman–Crippen LogP) is 1.45. The van der Waals surface area contributed by atoms with Crippen LogP contribution in [0.4, 0.5) is 0 Å². The fourth-order valence-electron chi connectivity index (χ4n) is 0.686. The maximum absolute atomic E-state index is 10.5. The summed E-state index contributed by atoms with van der Waals surface area (Å²) in [5, 5.41) is 8.16. The van der Waals surface area contributed by atoms with Crippen LogP contribution in [0.2, 0.25) is 0 Å². The molecule has 0 saturated carbocycles. The van der Waals surface area contributed by atoms with Crippen LogP contribution in [0.3, 0.4) is 0 Å². The van der Waals surface area contributed by atoms with E-state index in [-0.39, 0.29) is 0 Å². The van der Waals surface area contributed by atoms with Crippen molar-refractivity contribution in [3.05, 3.63) is 0 Å². The number of hydrogen-bond donors (Lipinski definition) is 0. The maximum Gasteiger partial charge on any atom is 0.0621 e. The van der Waals surface area contributed by atoms with E-state index in [0.29, 0.717) is 6.42 Å². The highest BCUT2D eigenvalue weighted by Crippen LogP contribution is 1.98. The summed E-state index contributed by atoms with van der Waals surface area (Å²) in [6.45, 7) is 0. The molecule has 0 aliphatic rings. The number of rotatable bonds is 5. The van der Waals surface area contributed by atoms with Crippen LogP contribution in [-0.2, 0) is 10.8 Å². The second-order valence-electron chi connectivity index (χ2n) is 2.25. The molecule has 1 atom stereocenters. The third-order valence-electron chi connectivity index (χ3n) is 1.22. The van der Waals surface area contributed by atoms with Gasteiger partial charge in [-0.3, -0.25) is 4.21 Å². The Morgan fingerprint density at radius 1 is 1.40 bits per heavy atom. The van der Waals surface area contributed by atoms with Crippen LogP contribution in [0.5, 0.6) is 0 Å². The molecule has 0 saturated heterocycles. The van der Waals surface area contributed by atoms with Crippen molar-refractivity contribution in [1.29, 1.82) is 5.26 Å². The van der Waals surface area contributed by atoms with Gasteiger partial charge in [0.1, 0.15) is 0 Å². The molecule has 2 nitrogen and oxygen atoms in total. The standard InChI is InChI=1S/C7H13NOS/c1-10(9)7-5-3-2-4-6-8/h2-5,7H2,1H3/t10-/m0/s1. The van der Waals surface area contributed by atoms with Crippen molar-refractivity contribution in [2.45, 2.75) is 25.7 Å². The average Bonchev–Trinajstić information content (AvgIpc) is 1.87. The summed E-state index contributed by atoms with van der Waals surface area (Å²) >= 11 is 0. The number of nitrogens with zero attached hydrogens (tertiary/aromatic N) is 1. The fourth-order valence-corrected chi connectivity index (χ4v) is 1.30. The highest BCUT2D eigenvalue weighted by atomic mass is 32.2. The minimum atomic E-state index is -0.654. The lowest BCUT2D eigenvalue weighted by atomic mass is 10.2. The maximum atomic E-state index is 10.5. The Balaban J connectivity index is 2.92. The highest BCUT2D eigenvalue weighted by molar-refractivity contribution is 7.84. The normalized spacial score (nSPS) is 12.4. The molecule has 0 unspecified atom stereocenters. The summed E-state index contributed by atoms with van der Waals surface area (Å²) in [7, 11) is -0.654. The van der Waals surface area contributed by atoms with Gasteiger partial charge >= 0.3 is 0 Å². The predicted molar refractivity (Wildman–Crippen MR) is 43.0 cm³/mol. The zero-order valence-electron chi connectivity index (χ0n) is 6.30. The van der Waals surface area contributed by atoms with Crippen LogP contribution in [0.15, 0.2) is 0 Å². The first-order chi connectivity index (χ1) is 4.77. The average molecular weight is 159 g/mol. The minimum absolute atomic E-state index is 0.635. The Morgan fingerprint density at radius 3 is 2.60 bits per heavy atom. The minimum Gasteiger partial charge on any atom is -0.260 e. The SMILES string of the molecule is C[S@](=O)CCCCCC#N. The zero-order valence-corrected chi connectivity index (χ0v) is 7.12. The van der Waals surface area contributed by atoms with Crippen molar-refractivity contribution >= 4 is 10.8 Å². The molecule has 3 heteroatoms. The van der Waals surface area contributed by atoms with Gasteiger partial charge in [0.2, 0.25) is 0 Å². The molecule has 0 spiro atoms. The van der Waals surface area contributed by atoms with Crippen LogP contribution in [0, 0.1) is 11.3 Å². The van der Waals surface area contributed by atoms with Gasteiger partial charge in [-0.2, -0.15) is 5.26 Å². The molecule has 0 radical (unpaired) electrons. The lowest BCUT2D eigenvalue weighted by molar-refractivity contribution is 0.677. The van der Waals surface area contributed by atoms with Gasteiger partial charge < -0.3 is 0 Å². The first-order valence-corrected chi connectivity index (χ1v) is 5.17. The topological polar surface area (TPSA) is 40.9 Å². The molecule has 0 bridgehead atoms. The second-order valence-corrected chi connectivity index (χ2v) is 3.80. The Morgan fingerprint density at radius 2 is 2.10 bits per heavy atom. The van der Waals surface area contributed by atoms with E-state index in [9.17, 15) is 4.21 Å². The smallest absolute Gasteiger partial charge is 0.0621 e. The summed E-state index contributed by atoms with van der Waals surface area (Å²) in [4.78, 5) is 0. The molecule has 0 heterocycles. The van der Waals surface area contributed by atoms with Crippen molar-refractivity contribution in [3.63, 3.8) is 0 Å². The van der Waals surface area contributed by atoms with Gasteiger partial charge in [-0.15, -0.1) is 0 Å². The molecule has 0 fully saturated rings. The number of hydrogen-bond acceptors (Lipinski definition) is 2. The Labute approximate surface area is 64.7 Å². The van der Waals surface area contributed by atoms with Crippen LogP contribution < -0.4 is 0 Å². The summed E-state index contributed by atoms with van der Waals surface area (Å²) in [5.41, 5.74) is 0. The van der Waals surface area contributed by atoms with Gasteiger partial charge in [0.15, 0.2) is 0 Å². The molecule has 0 amide bonds. The molecule has 0 aromatic carbocycles. The fraction of sp³-hybridized carbons (Fsp3) is 0.857. The molecule has 0 aliphatic carbocycles.